The molecule has 0 radical (unpaired) electrons. The van der Waals surface area contributed by atoms with Crippen LogP contribution in [0.5, 0.6) is 0 Å². The van der Waals surface area contributed by atoms with E-state index in [0.717, 1.165) is 25.8 Å². The quantitative estimate of drug-likeness (QED) is 0.341. The molecule has 0 fully saturated rings. The van der Waals surface area contributed by atoms with E-state index in [0.29, 0.717) is 5.84 Å². The first-order valence-electron chi connectivity index (χ1n) is 3.64. The molecular formula is C7H17IN2O. The number of amidine groups is 1. The molecule has 0 saturated carbocycles. The van der Waals surface area contributed by atoms with E-state index in [1.54, 1.807) is 6.92 Å². The summed E-state index contributed by atoms with van der Waals surface area (Å²) in [5, 5.41) is 8.41. The molecule has 11 heavy (non-hydrogen) atoms. The fraction of sp³-hybridized carbons (Fsp3) is 0.857. The molecule has 0 amide bonds. The average Bonchev–Trinajstić information content (AvgIpc) is 1.87. The molecule has 0 aromatic carbocycles. The molecular weight excluding hydrogens is 255 g/mol. The van der Waals surface area contributed by atoms with Crippen LogP contribution in [0.3, 0.4) is 0 Å². The van der Waals surface area contributed by atoms with Gasteiger partial charge in [0.2, 0.25) is 0 Å². The number of rotatable bonds is 5. The molecule has 3 N–H and O–H groups in total. The summed E-state index contributed by atoms with van der Waals surface area (Å²) in [7, 11) is 0. The fourth-order valence-electron chi connectivity index (χ4n) is 0.656. The van der Waals surface area contributed by atoms with Crippen LogP contribution in [0.1, 0.15) is 26.2 Å². The molecule has 0 unspecified atom stereocenters. The van der Waals surface area contributed by atoms with Crippen molar-refractivity contribution in [3.05, 3.63) is 0 Å². The standard InChI is InChI=1S/C7H16N2O.HI/c1-7(8)9-5-3-2-4-6-10;/h10H,2-6H2,1H3,(H2,8,9);1H. The summed E-state index contributed by atoms with van der Waals surface area (Å²) >= 11 is 0. The van der Waals surface area contributed by atoms with E-state index in [2.05, 4.69) is 4.99 Å². The second-order valence-corrected chi connectivity index (χ2v) is 2.31. The second-order valence-electron chi connectivity index (χ2n) is 2.31. The van der Waals surface area contributed by atoms with Gasteiger partial charge in [0.05, 0.1) is 5.84 Å². The maximum absolute atomic E-state index is 8.41. The van der Waals surface area contributed by atoms with Crippen LogP contribution in [-0.4, -0.2) is 24.1 Å². The molecule has 0 aliphatic rings. The van der Waals surface area contributed by atoms with E-state index >= 15 is 0 Å². The average molecular weight is 272 g/mol. The lowest BCUT2D eigenvalue weighted by atomic mass is 10.2. The van der Waals surface area contributed by atoms with Gasteiger partial charge in [-0.25, -0.2) is 0 Å². The van der Waals surface area contributed by atoms with Crippen LogP contribution in [0.2, 0.25) is 0 Å². The van der Waals surface area contributed by atoms with Gasteiger partial charge < -0.3 is 10.8 Å². The van der Waals surface area contributed by atoms with Gasteiger partial charge in [-0.05, 0) is 26.2 Å². The van der Waals surface area contributed by atoms with Gasteiger partial charge in [0.1, 0.15) is 0 Å². The van der Waals surface area contributed by atoms with Gasteiger partial charge in [0.25, 0.3) is 0 Å². The van der Waals surface area contributed by atoms with Crippen LogP contribution in [0, 0.1) is 0 Å². The zero-order valence-corrected chi connectivity index (χ0v) is 9.25. The first kappa shape index (κ1) is 13.7. The Morgan fingerprint density at radius 3 is 2.45 bits per heavy atom. The monoisotopic (exact) mass is 272 g/mol. The molecule has 4 heteroatoms. The number of hydrogen-bond acceptors (Lipinski definition) is 2. The Kier molecular flexibility index (Phi) is 12.7. The van der Waals surface area contributed by atoms with E-state index in [9.17, 15) is 0 Å². The van der Waals surface area contributed by atoms with Crippen molar-refractivity contribution in [2.24, 2.45) is 10.7 Å². The van der Waals surface area contributed by atoms with Gasteiger partial charge in [-0.2, -0.15) is 0 Å². The minimum absolute atomic E-state index is 0. The normalized spacial score (nSPS) is 10.9. The summed E-state index contributed by atoms with van der Waals surface area (Å²) in [6.07, 6.45) is 2.93. The predicted octanol–water partition coefficient (Wildman–Crippen LogP) is 1.14. The third-order valence-electron chi connectivity index (χ3n) is 1.18. The topological polar surface area (TPSA) is 58.6 Å². The summed E-state index contributed by atoms with van der Waals surface area (Å²) in [6, 6.07) is 0. The van der Waals surface area contributed by atoms with E-state index < -0.39 is 0 Å². The van der Waals surface area contributed by atoms with E-state index in [1.165, 1.54) is 0 Å². The van der Waals surface area contributed by atoms with Crippen molar-refractivity contribution in [2.45, 2.75) is 26.2 Å². The number of nitrogens with zero attached hydrogens (tertiary/aromatic N) is 1. The van der Waals surface area contributed by atoms with Crippen LogP contribution in [-0.2, 0) is 0 Å². The second kappa shape index (κ2) is 10.2. The largest absolute Gasteiger partial charge is 0.396 e. The smallest absolute Gasteiger partial charge is 0.0905 e. The van der Waals surface area contributed by atoms with Crippen LogP contribution in [0.25, 0.3) is 0 Å². The SMILES string of the molecule is CC(N)=NCCCCCO.I. The van der Waals surface area contributed by atoms with Crippen LogP contribution in [0.15, 0.2) is 4.99 Å². The molecule has 0 aliphatic carbocycles. The molecule has 0 aromatic rings. The number of aliphatic hydroxyl groups is 1. The molecule has 0 atom stereocenters. The first-order valence-corrected chi connectivity index (χ1v) is 3.64. The van der Waals surface area contributed by atoms with Gasteiger partial charge in [-0.1, -0.05) is 0 Å². The molecule has 0 aliphatic heterocycles. The predicted molar refractivity (Wildman–Crippen MR) is 58.5 cm³/mol. The minimum atomic E-state index is 0. The number of unbranched alkanes of at least 4 members (excludes halogenated alkanes) is 2. The van der Waals surface area contributed by atoms with E-state index in [-0.39, 0.29) is 30.6 Å². The van der Waals surface area contributed by atoms with E-state index in [1.807, 2.05) is 0 Å². The molecule has 0 bridgehead atoms. The Labute approximate surface area is 85.1 Å². The Hall–Kier alpha value is 0.160. The fourth-order valence-corrected chi connectivity index (χ4v) is 0.656. The summed E-state index contributed by atoms with van der Waals surface area (Å²) in [5.41, 5.74) is 5.31. The highest BCUT2D eigenvalue weighted by Crippen LogP contribution is 1.93. The number of halogens is 1. The Morgan fingerprint density at radius 1 is 1.36 bits per heavy atom. The number of aliphatic imine (C=N–C) groups is 1. The van der Waals surface area contributed by atoms with Gasteiger partial charge in [0.15, 0.2) is 0 Å². The van der Waals surface area contributed by atoms with Crippen molar-refractivity contribution >= 4 is 29.8 Å². The lowest BCUT2D eigenvalue weighted by Gasteiger charge is -1.94. The van der Waals surface area contributed by atoms with Gasteiger partial charge in [-0.15, -0.1) is 24.0 Å². The van der Waals surface area contributed by atoms with Crippen LogP contribution >= 0.6 is 24.0 Å². The van der Waals surface area contributed by atoms with Crippen molar-refractivity contribution in [1.29, 1.82) is 0 Å². The molecule has 3 nitrogen and oxygen atoms in total. The molecule has 0 rings (SSSR count). The maximum atomic E-state index is 8.41. The molecule has 0 heterocycles. The molecule has 0 aromatic heterocycles. The Bertz CT molecular complexity index is 103. The lowest BCUT2D eigenvalue weighted by Crippen LogP contribution is -2.05. The highest BCUT2D eigenvalue weighted by molar-refractivity contribution is 14.0. The summed E-state index contributed by atoms with van der Waals surface area (Å²) < 4.78 is 0. The third-order valence-corrected chi connectivity index (χ3v) is 1.18. The minimum Gasteiger partial charge on any atom is -0.396 e. The van der Waals surface area contributed by atoms with Gasteiger partial charge >= 0.3 is 0 Å². The number of nitrogens with two attached hydrogens (primary N) is 1. The highest BCUT2D eigenvalue weighted by Gasteiger charge is 1.85. The number of hydrogen-bond donors (Lipinski definition) is 2. The van der Waals surface area contributed by atoms with Crippen molar-refractivity contribution in [2.75, 3.05) is 13.2 Å². The number of aliphatic hydroxyl groups excluding tert-OH is 1. The zero-order valence-electron chi connectivity index (χ0n) is 6.92. The molecule has 0 spiro atoms. The van der Waals surface area contributed by atoms with Crippen molar-refractivity contribution in [3.8, 4) is 0 Å². The Morgan fingerprint density at radius 2 is 2.00 bits per heavy atom. The Balaban J connectivity index is 0. The maximum Gasteiger partial charge on any atom is 0.0905 e. The van der Waals surface area contributed by atoms with Crippen molar-refractivity contribution in [3.63, 3.8) is 0 Å². The van der Waals surface area contributed by atoms with Crippen molar-refractivity contribution in [1.82, 2.24) is 0 Å². The van der Waals surface area contributed by atoms with E-state index in [4.69, 9.17) is 10.8 Å². The first-order chi connectivity index (χ1) is 4.77. The third kappa shape index (κ3) is 13.2. The summed E-state index contributed by atoms with van der Waals surface area (Å²) in [4.78, 5) is 4.01. The summed E-state index contributed by atoms with van der Waals surface area (Å²) in [5.74, 6) is 0.643. The van der Waals surface area contributed by atoms with Gasteiger partial charge in [0, 0.05) is 13.2 Å². The van der Waals surface area contributed by atoms with Gasteiger partial charge in [-0.3, -0.25) is 4.99 Å². The van der Waals surface area contributed by atoms with Crippen LogP contribution < -0.4 is 5.73 Å². The molecule has 0 saturated heterocycles. The van der Waals surface area contributed by atoms with Crippen molar-refractivity contribution < 1.29 is 5.11 Å². The molecule has 68 valence electrons. The highest BCUT2D eigenvalue weighted by atomic mass is 127. The van der Waals surface area contributed by atoms with Crippen LogP contribution in [0.4, 0.5) is 0 Å². The lowest BCUT2D eigenvalue weighted by molar-refractivity contribution is 0.283. The summed E-state index contributed by atoms with van der Waals surface area (Å²) in [6.45, 7) is 2.86. The zero-order chi connectivity index (χ0) is 7.82.